The fraction of sp³-hybridized carbons (Fsp3) is 0.231. The third kappa shape index (κ3) is 6.43. The largest absolute Gasteiger partial charge is 0.493 e. The minimum atomic E-state index is 0.0883. The van der Waals surface area contributed by atoms with Crippen molar-refractivity contribution in [3.05, 3.63) is 137 Å². The lowest BCUT2D eigenvalue weighted by atomic mass is 10.0. The molecule has 7 rings (SSSR count). The van der Waals surface area contributed by atoms with Crippen LogP contribution in [0.25, 0.3) is 17.2 Å². The molecule has 5 heterocycles. The molecular formula is C39H38N4O4. The number of H-pyrrole nitrogens is 1. The van der Waals surface area contributed by atoms with Crippen molar-refractivity contribution in [2.45, 2.75) is 31.8 Å². The summed E-state index contributed by atoms with van der Waals surface area (Å²) in [6, 6.07) is 20.5. The van der Waals surface area contributed by atoms with Gasteiger partial charge in [0.05, 0.1) is 48.1 Å². The number of aromatic amines is 1. The number of allylic oxidation sites excluding steroid dienone is 5. The van der Waals surface area contributed by atoms with Crippen molar-refractivity contribution < 1.29 is 19.7 Å². The Balaban J connectivity index is 1.35. The maximum atomic E-state index is 9.20. The number of hydrogen-bond donors (Lipinski definition) is 3. The number of nitrogens with zero attached hydrogens (tertiary/aromatic N) is 3. The number of fused-ring (bicyclic) bond motifs is 5. The number of hydrogen-bond acceptors (Lipinski definition) is 7. The van der Waals surface area contributed by atoms with Crippen LogP contribution < -0.4 is 20.2 Å². The first-order valence-electron chi connectivity index (χ1n) is 16.1. The lowest BCUT2D eigenvalue weighted by Crippen LogP contribution is -2.18. The number of benzene rings is 2. The van der Waals surface area contributed by atoms with Gasteiger partial charge in [-0.2, -0.15) is 0 Å². The Kier molecular flexibility index (Phi) is 8.61. The number of aliphatic hydroxyl groups excluding tert-OH is 2. The van der Waals surface area contributed by atoms with E-state index < -0.39 is 0 Å². The minimum Gasteiger partial charge on any atom is -0.493 e. The number of aromatic nitrogens is 1. The van der Waals surface area contributed by atoms with Crippen molar-refractivity contribution >= 4 is 28.6 Å². The van der Waals surface area contributed by atoms with Crippen molar-refractivity contribution in [3.63, 3.8) is 0 Å². The molecule has 47 heavy (non-hydrogen) atoms. The second-order valence-corrected chi connectivity index (χ2v) is 11.9. The van der Waals surface area contributed by atoms with Crippen molar-refractivity contribution in [1.29, 1.82) is 0 Å². The van der Waals surface area contributed by atoms with E-state index in [2.05, 4.69) is 65.9 Å². The zero-order valence-electron chi connectivity index (χ0n) is 26.4. The molecule has 238 valence electrons. The van der Waals surface area contributed by atoms with Crippen molar-refractivity contribution in [3.8, 4) is 11.5 Å². The van der Waals surface area contributed by atoms with Gasteiger partial charge in [0.1, 0.15) is 11.5 Å². The zero-order chi connectivity index (χ0) is 32.3. The van der Waals surface area contributed by atoms with E-state index in [9.17, 15) is 10.2 Å². The predicted octanol–water partition coefficient (Wildman–Crippen LogP) is 4.43. The Hall–Kier alpha value is -5.18. The van der Waals surface area contributed by atoms with Crippen molar-refractivity contribution in [2.24, 2.45) is 9.98 Å². The van der Waals surface area contributed by atoms with E-state index >= 15 is 0 Å². The molecule has 4 aliphatic rings. The van der Waals surface area contributed by atoms with Gasteiger partial charge in [-0.3, -0.25) is 0 Å². The Bertz CT molecular complexity index is 2030. The molecule has 3 N–H and O–H groups in total. The molecule has 1 aromatic heterocycles. The molecule has 2 atom stereocenters. The second-order valence-electron chi connectivity index (χ2n) is 11.9. The van der Waals surface area contributed by atoms with E-state index in [4.69, 9.17) is 19.5 Å². The quantitative estimate of drug-likeness (QED) is 0.228. The first-order chi connectivity index (χ1) is 23.0. The van der Waals surface area contributed by atoms with Gasteiger partial charge in [-0.25, -0.2) is 9.98 Å². The molecule has 3 aromatic rings. The molecule has 0 amide bonds. The van der Waals surface area contributed by atoms with Gasteiger partial charge in [0.25, 0.3) is 0 Å². The van der Waals surface area contributed by atoms with E-state index in [1.165, 1.54) is 0 Å². The Labute approximate surface area is 274 Å². The Morgan fingerprint density at radius 2 is 1.53 bits per heavy atom. The third-order valence-electron chi connectivity index (χ3n) is 8.61. The third-order valence-corrected chi connectivity index (χ3v) is 8.61. The lowest BCUT2D eigenvalue weighted by Gasteiger charge is -2.17. The molecule has 1 saturated heterocycles. The van der Waals surface area contributed by atoms with Crippen LogP contribution in [-0.2, 0) is 0 Å². The summed E-state index contributed by atoms with van der Waals surface area (Å²) in [5.41, 5.74) is 8.20. The molecule has 6 bridgehead atoms. The van der Waals surface area contributed by atoms with Crippen molar-refractivity contribution in [2.75, 3.05) is 26.4 Å². The van der Waals surface area contributed by atoms with Crippen LogP contribution in [0.2, 0.25) is 0 Å². The number of aliphatic hydroxyl groups is 2. The van der Waals surface area contributed by atoms with Crippen LogP contribution in [-0.4, -0.2) is 70.0 Å². The summed E-state index contributed by atoms with van der Waals surface area (Å²) in [6.45, 7) is 7.87. The standard InChI is InChI=1S/C39H38N4O4/c1-25-37-24-31-13-16-36(42-31)39(28-8-4-10-33(22-28)47-20-6-18-45)35-15-12-30(41-35)23-29-11-14-34(40-29)38(26(2)43(25)37)27-7-3-9-32(21-27)46-19-5-17-44/h3-4,7-16,21-25,37,41,44-45H,2,5-6,17-20H2,1H3/b30-23-,31-24-,38-34+,39-35-. The molecule has 8 nitrogen and oxygen atoms in total. The molecule has 4 aliphatic heterocycles. The van der Waals surface area contributed by atoms with Crippen molar-refractivity contribution in [1.82, 2.24) is 9.88 Å². The van der Waals surface area contributed by atoms with Gasteiger partial charge in [0.2, 0.25) is 0 Å². The summed E-state index contributed by atoms with van der Waals surface area (Å²) in [5, 5.41) is 20.3. The highest BCUT2D eigenvalue weighted by molar-refractivity contribution is 6.30. The van der Waals surface area contributed by atoms with Crippen LogP contribution in [0.3, 0.4) is 0 Å². The molecule has 0 radical (unpaired) electrons. The molecule has 0 spiro atoms. The van der Waals surface area contributed by atoms with E-state index in [1.807, 2.05) is 54.6 Å². The van der Waals surface area contributed by atoms with Gasteiger partial charge < -0.3 is 29.6 Å². The van der Waals surface area contributed by atoms with Crippen LogP contribution in [0.4, 0.5) is 0 Å². The number of rotatable bonds is 10. The summed E-state index contributed by atoms with van der Waals surface area (Å²) >= 11 is 0. The zero-order valence-corrected chi connectivity index (χ0v) is 26.4. The molecule has 0 saturated carbocycles. The molecule has 8 heteroatoms. The van der Waals surface area contributed by atoms with Gasteiger partial charge in [-0.05, 0) is 90.9 Å². The number of aliphatic imine (C=N–C) groups is 2. The molecule has 1 fully saturated rings. The van der Waals surface area contributed by atoms with Gasteiger partial charge in [0, 0.05) is 53.6 Å². The van der Waals surface area contributed by atoms with Crippen LogP contribution >= 0.6 is 0 Å². The summed E-state index contributed by atoms with van der Waals surface area (Å²) in [4.78, 5) is 16.1. The van der Waals surface area contributed by atoms with E-state index in [0.717, 1.165) is 73.0 Å². The van der Waals surface area contributed by atoms with Gasteiger partial charge in [-0.1, -0.05) is 30.8 Å². The average molecular weight is 627 g/mol. The van der Waals surface area contributed by atoms with E-state index in [-0.39, 0.29) is 25.3 Å². The minimum absolute atomic E-state index is 0.0883. The lowest BCUT2D eigenvalue weighted by molar-refractivity contribution is 0.233. The maximum Gasteiger partial charge on any atom is 0.119 e. The summed E-state index contributed by atoms with van der Waals surface area (Å²) < 4.78 is 11.8. The van der Waals surface area contributed by atoms with E-state index in [0.29, 0.717) is 26.1 Å². The highest BCUT2D eigenvalue weighted by Gasteiger charge is 2.44. The normalized spacial score (nSPS) is 24.2. The molecule has 2 unspecified atom stereocenters. The van der Waals surface area contributed by atoms with E-state index in [1.54, 1.807) is 0 Å². The van der Waals surface area contributed by atoms with Gasteiger partial charge in [0.15, 0.2) is 0 Å². The second kappa shape index (κ2) is 13.3. The van der Waals surface area contributed by atoms with Gasteiger partial charge >= 0.3 is 0 Å². The first-order valence-corrected chi connectivity index (χ1v) is 16.1. The maximum absolute atomic E-state index is 9.20. The number of ether oxygens (including phenoxy) is 2. The highest BCUT2D eigenvalue weighted by atomic mass is 16.5. The Morgan fingerprint density at radius 3 is 2.23 bits per heavy atom. The van der Waals surface area contributed by atoms with Crippen LogP contribution in [0, 0.1) is 0 Å². The summed E-state index contributed by atoms with van der Waals surface area (Å²) in [5.74, 6) is 1.49. The summed E-state index contributed by atoms with van der Waals surface area (Å²) in [7, 11) is 0. The monoisotopic (exact) mass is 626 g/mol. The van der Waals surface area contributed by atoms with Crippen LogP contribution in [0.1, 0.15) is 30.9 Å². The molecule has 2 aromatic carbocycles. The number of nitrogens with one attached hydrogen (secondary N) is 1. The highest BCUT2D eigenvalue weighted by Crippen LogP contribution is 2.43. The average Bonchev–Trinajstić information content (AvgIpc) is 3.55. The predicted molar refractivity (Wildman–Crippen MR) is 187 cm³/mol. The Morgan fingerprint density at radius 1 is 0.830 bits per heavy atom. The molecule has 0 aliphatic carbocycles. The fourth-order valence-electron chi connectivity index (χ4n) is 6.23. The first kappa shape index (κ1) is 30.5. The van der Waals surface area contributed by atoms with Crippen LogP contribution in [0.5, 0.6) is 11.5 Å². The SMILES string of the molecule is C=C1/C(c2cccc(OCCCO)c2)=C2/C=CC(=N2)/C=c2/cc/c([nH]2)=C(\c2cccc(OCCCO)c2)C2=N/C(=C\C3C(C)N13)C=C2. The van der Waals surface area contributed by atoms with Crippen LogP contribution in [0.15, 0.2) is 125 Å². The topological polar surface area (TPSA) is 102 Å². The fourth-order valence-corrected chi connectivity index (χ4v) is 6.23. The smallest absolute Gasteiger partial charge is 0.119 e. The summed E-state index contributed by atoms with van der Waals surface area (Å²) in [6.07, 6.45) is 13.6. The van der Waals surface area contributed by atoms with Gasteiger partial charge in [-0.15, -0.1) is 0 Å². The molecular weight excluding hydrogens is 588 g/mol.